The quantitative estimate of drug-likeness (QED) is 0.497. The fourth-order valence-corrected chi connectivity index (χ4v) is 3.10. The van der Waals surface area contributed by atoms with Crippen LogP contribution in [0, 0.1) is 13.8 Å². The van der Waals surface area contributed by atoms with Crippen LogP contribution in [0.2, 0.25) is 0 Å². The van der Waals surface area contributed by atoms with E-state index in [1.807, 2.05) is 19.9 Å². The van der Waals surface area contributed by atoms with Gasteiger partial charge in [-0.3, -0.25) is 9.59 Å². The molecule has 0 spiro atoms. The molecular weight excluding hydrogens is 410 g/mol. The van der Waals surface area contributed by atoms with Crippen LogP contribution in [0.5, 0.6) is 11.5 Å². The lowest BCUT2D eigenvalue weighted by Gasteiger charge is -2.11. The van der Waals surface area contributed by atoms with Gasteiger partial charge in [0.05, 0.1) is 24.8 Å². The molecule has 0 saturated carbocycles. The highest BCUT2D eigenvalue weighted by atomic mass is 16.5. The van der Waals surface area contributed by atoms with Crippen molar-refractivity contribution in [1.82, 2.24) is 5.16 Å². The Hall–Kier alpha value is -4.07. The van der Waals surface area contributed by atoms with Crippen molar-refractivity contribution in [3.63, 3.8) is 0 Å². The molecule has 2 amide bonds. The third-order valence-corrected chi connectivity index (χ3v) is 4.81. The van der Waals surface area contributed by atoms with E-state index in [-0.39, 0.29) is 12.3 Å². The SMILES string of the molecule is COc1cc(/C=C/C(=O)Nc2ccccc2CC(N)=O)ccc1OCc1c(C)noc1C. The number of aromatic nitrogens is 1. The predicted octanol–water partition coefficient (Wildman–Crippen LogP) is 3.56. The Kier molecular flexibility index (Phi) is 7.28. The van der Waals surface area contributed by atoms with Crippen LogP contribution in [0.25, 0.3) is 6.08 Å². The maximum Gasteiger partial charge on any atom is 0.248 e. The first-order chi connectivity index (χ1) is 15.4. The molecule has 0 aliphatic carbocycles. The van der Waals surface area contributed by atoms with Gasteiger partial charge in [-0.15, -0.1) is 0 Å². The second kappa shape index (κ2) is 10.3. The van der Waals surface area contributed by atoms with Gasteiger partial charge in [0, 0.05) is 11.8 Å². The molecule has 3 N–H and O–H groups in total. The Balaban J connectivity index is 1.67. The minimum absolute atomic E-state index is 0.0484. The number of nitrogens with one attached hydrogen (secondary N) is 1. The number of benzene rings is 2. The van der Waals surface area contributed by atoms with Gasteiger partial charge in [-0.2, -0.15) is 0 Å². The average Bonchev–Trinajstić information content (AvgIpc) is 3.09. The number of rotatable bonds is 9. The number of para-hydroxylation sites is 1. The summed E-state index contributed by atoms with van der Waals surface area (Å²) in [6.07, 6.45) is 3.11. The highest BCUT2D eigenvalue weighted by molar-refractivity contribution is 6.02. The van der Waals surface area contributed by atoms with Gasteiger partial charge in [0.15, 0.2) is 11.5 Å². The monoisotopic (exact) mass is 435 g/mol. The summed E-state index contributed by atoms with van der Waals surface area (Å²) in [5, 5.41) is 6.69. The van der Waals surface area contributed by atoms with Gasteiger partial charge in [0.25, 0.3) is 0 Å². The molecule has 2 aromatic carbocycles. The molecule has 1 heterocycles. The highest BCUT2D eigenvalue weighted by Gasteiger charge is 2.12. The number of methoxy groups -OCH3 is 1. The van der Waals surface area contributed by atoms with E-state index in [9.17, 15) is 9.59 Å². The number of anilines is 1. The largest absolute Gasteiger partial charge is 0.493 e. The number of ether oxygens (including phenoxy) is 2. The van der Waals surface area contributed by atoms with E-state index >= 15 is 0 Å². The average molecular weight is 435 g/mol. The van der Waals surface area contributed by atoms with E-state index in [0.29, 0.717) is 35.1 Å². The van der Waals surface area contributed by atoms with Crippen molar-refractivity contribution >= 4 is 23.6 Å². The summed E-state index contributed by atoms with van der Waals surface area (Å²) in [7, 11) is 1.55. The number of primary amides is 1. The van der Waals surface area contributed by atoms with E-state index < -0.39 is 5.91 Å². The molecule has 8 nitrogen and oxygen atoms in total. The number of nitrogens with two attached hydrogens (primary N) is 1. The number of hydrogen-bond acceptors (Lipinski definition) is 6. The lowest BCUT2D eigenvalue weighted by atomic mass is 10.1. The number of carbonyl (C=O) groups excluding carboxylic acids is 2. The van der Waals surface area contributed by atoms with Gasteiger partial charge < -0.3 is 25.0 Å². The van der Waals surface area contributed by atoms with Crippen molar-refractivity contribution in [2.75, 3.05) is 12.4 Å². The third kappa shape index (κ3) is 5.75. The topological polar surface area (TPSA) is 117 Å². The number of nitrogens with zero attached hydrogens (tertiary/aromatic N) is 1. The smallest absolute Gasteiger partial charge is 0.248 e. The predicted molar refractivity (Wildman–Crippen MR) is 120 cm³/mol. The number of amides is 2. The van der Waals surface area contributed by atoms with E-state index in [1.165, 1.54) is 6.08 Å². The van der Waals surface area contributed by atoms with Crippen LogP contribution in [-0.2, 0) is 22.6 Å². The molecule has 3 rings (SSSR count). The molecule has 0 aliphatic heterocycles. The van der Waals surface area contributed by atoms with Crippen LogP contribution < -0.4 is 20.5 Å². The molecule has 8 heteroatoms. The number of hydrogen-bond donors (Lipinski definition) is 2. The first-order valence-electron chi connectivity index (χ1n) is 9.95. The summed E-state index contributed by atoms with van der Waals surface area (Å²) in [6, 6.07) is 12.4. The molecule has 0 radical (unpaired) electrons. The number of carbonyl (C=O) groups is 2. The van der Waals surface area contributed by atoms with Crippen molar-refractivity contribution in [1.29, 1.82) is 0 Å². The second-order valence-electron chi connectivity index (χ2n) is 7.12. The first kappa shape index (κ1) is 22.6. The molecule has 1 aromatic heterocycles. The zero-order chi connectivity index (χ0) is 23.1. The Morgan fingerprint density at radius 2 is 1.94 bits per heavy atom. The van der Waals surface area contributed by atoms with Gasteiger partial charge in [-0.05, 0) is 49.2 Å². The summed E-state index contributed by atoms with van der Waals surface area (Å²) in [5.41, 5.74) is 8.90. The van der Waals surface area contributed by atoms with Crippen molar-refractivity contribution in [2.24, 2.45) is 5.73 Å². The zero-order valence-corrected chi connectivity index (χ0v) is 18.2. The summed E-state index contributed by atoms with van der Waals surface area (Å²) < 4.78 is 16.5. The van der Waals surface area contributed by atoms with Crippen LogP contribution in [-0.4, -0.2) is 24.1 Å². The molecule has 0 bridgehead atoms. The standard InChI is InChI=1S/C24H25N3O5/c1-15-19(16(2)32-27-15)14-31-21-10-8-17(12-22(21)30-3)9-11-24(29)26-20-7-5-4-6-18(20)13-23(25)28/h4-12H,13-14H2,1-3H3,(H2,25,28)(H,26,29)/b11-9+. The minimum Gasteiger partial charge on any atom is -0.493 e. The lowest BCUT2D eigenvalue weighted by molar-refractivity contribution is -0.117. The molecule has 0 fully saturated rings. The zero-order valence-electron chi connectivity index (χ0n) is 18.2. The Morgan fingerprint density at radius 1 is 1.16 bits per heavy atom. The minimum atomic E-state index is -0.467. The van der Waals surface area contributed by atoms with Crippen LogP contribution >= 0.6 is 0 Å². The number of aryl methyl sites for hydroxylation is 2. The van der Waals surface area contributed by atoms with Crippen molar-refractivity contribution in [3.8, 4) is 11.5 Å². The lowest BCUT2D eigenvalue weighted by Crippen LogP contribution is -2.16. The Bertz CT molecular complexity index is 1130. The third-order valence-electron chi connectivity index (χ3n) is 4.81. The van der Waals surface area contributed by atoms with Crippen LogP contribution in [0.1, 0.15) is 28.1 Å². The van der Waals surface area contributed by atoms with E-state index in [1.54, 1.807) is 49.6 Å². The van der Waals surface area contributed by atoms with Crippen LogP contribution in [0.15, 0.2) is 53.1 Å². The van der Waals surface area contributed by atoms with Gasteiger partial charge in [0.1, 0.15) is 12.4 Å². The Labute approximate surface area is 186 Å². The van der Waals surface area contributed by atoms with Crippen molar-refractivity contribution < 1.29 is 23.6 Å². The second-order valence-corrected chi connectivity index (χ2v) is 7.12. The molecule has 0 aliphatic rings. The molecule has 166 valence electrons. The van der Waals surface area contributed by atoms with Gasteiger partial charge in [-0.25, -0.2) is 0 Å². The molecule has 0 atom stereocenters. The first-order valence-corrected chi connectivity index (χ1v) is 9.95. The fourth-order valence-electron chi connectivity index (χ4n) is 3.10. The van der Waals surface area contributed by atoms with Crippen LogP contribution in [0.4, 0.5) is 5.69 Å². The fraction of sp³-hybridized carbons (Fsp3) is 0.208. The Morgan fingerprint density at radius 3 is 2.62 bits per heavy atom. The van der Waals surface area contributed by atoms with Gasteiger partial charge in [-0.1, -0.05) is 29.4 Å². The summed E-state index contributed by atoms with van der Waals surface area (Å²) in [6.45, 7) is 4.00. The molecule has 0 unspecified atom stereocenters. The molecular formula is C24H25N3O5. The van der Waals surface area contributed by atoms with Crippen molar-refractivity contribution in [2.45, 2.75) is 26.9 Å². The summed E-state index contributed by atoms with van der Waals surface area (Å²) in [5.74, 6) is 1.01. The van der Waals surface area contributed by atoms with Crippen molar-refractivity contribution in [3.05, 3.63) is 76.7 Å². The summed E-state index contributed by atoms with van der Waals surface area (Å²) in [4.78, 5) is 23.6. The van der Waals surface area contributed by atoms with Gasteiger partial charge >= 0.3 is 0 Å². The normalized spacial score (nSPS) is 10.8. The molecule has 3 aromatic rings. The molecule has 32 heavy (non-hydrogen) atoms. The van der Waals surface area contributed by atoms with E-state index in [0.717, 1.165) is 16.8 Å². The highest BCUT2D eigenvalue weighted by Crippen LogP contribution is 2.30. The summed E-state index contributed by atoms with van der Waals surface area (Å²) >= 11 is 0. The maximum atomic E-state index is 12.4. The molecule has 0 saturated heterocycles. The van der Waals surface area contributed by atoms with Gasteiger partial charge in [0.2, 0.25) is 11.8 Å². The van der Waals surface area contributed by atoms with E-state index in [2.05, 4.69) is 10.5 Å². The maximum absolute atomic E-state index is 12.4. The van der Waals surface area contributed by atoms with E-state index in [4.69, 9.17) is 19.7 Å². The van der Waals surface area contributed by atoms with Crippen LogP contribution in [0.3, 0.4) is 0 Å².